The molecule has 1 amide bonds. The molecular formula is C18H23ClN4OS. The normalized spacial score (nSPS) is 11.3. The molecule has 0 radical (unpaired) electrons. The van der Waals surface area contributed by atoms with E-state index in [1.54, 1.807) is 18.4 Å². The van der Waals surface area contributed by atoms with Gasteiger partial charge in [-0.25, -0.2) is 0 Å². The maximum absolute atomic E-state index is 12.0. The van der Waals surface area contributed by atoms with Crippen molar-refractivity contribution in [2.45, 2.75) is 26.8 Å². The molecule has 134 valence electrons. The van der Waals surface area contributed by atoms with Crippen molar-refractivity contribution in [3.05, 3.63) is 50.7 Å². The van der Waals surface area contributed by atoms with Gasteiger partial charge in [-0.05, 0) is 43.7 Å². The number of aliphatic imine (C=N–C) groups is 1. The van der Waals surface area contributed by atoms with Gasteiger partial charge in [0.2, 0.25) is 5.91 Å². The summed E-state index contributed by atoms with van der Waals surface area (Å²) in [7, 11) is 1.71. The van der Waals surface area contributed by atoms with E-state index in [4.69, 9.17) is 11.6 Å². The van der Waals surface area contributed by atoms with Crippen LogP contribution in [0.15, 0.2) is 35.3 Å². The van der Waals surface area contributed by atoms with Crippen LogP contribution in [-0.2, 0) is 11.3 Å². The molecule has 0 unspecified atom stereocenters. The summed E-state index contributed by atoms with van der Waals surface area (Å²) in [5.41, 5.74) is 1.69. The molecule has 2 aromatic rings. The lowest BCUT2D eigenvalue weighted by molar-refractivity contribution is -0.116. The number of nitrogens with one attached hydrogen (secondary N) is 3. The second kappa shape index (κ2) is 9.44. The predicted octanol–water partition coefficient (Wildman–Crippen LogP) is 3.71. The fourth-order valence-electron chi connectivity index (χ4n) is 2.20. The van der Waals surface area contributed by atoms with Gasteiger partial charge < -0.3 is 16.0 Å². The average molecular weight is 379 g/mol. The third-order valence-corrected chi connectivity index (χ3v) is 4.81. The van der Waals surface area contributed by atoms with Crippen LogP contribution in [0.3, 0.4) is 0 Å². The topological polar surface area (TPSA) is 65.5 Å². The Morgan fingerprint density at radius 3 is 2.64 bits per heavy atom. The molecule has 0 spiro atoms. The second-order valence-electron chi connectivity index (χ2n) is 5.65. The number of thiophene rings is 1. The number of amides is 1. The number of guanidine groups is 1. The number of carbonyl (C=O) groups is 1. The van der Waals surface area contributed by atoms with E-state index in [-0.39, 0.29) is 5.91 Å². The van der Waals surface area contributed by atoms with Crippen LogP contribution in [0.5, 0.6) is 0 Å². The van der Waals surface area contributed by atoms with Crippen molar-refractivity contribution in [1.29, 1.82) is 0 Å². The van der Waals surface area contributed by atoms with Crippen molar-refractivity contribution >= 4 is 40.5 Å². The lowest BCUT2D eigenvalue weighted by Gasteiger charge is -2.12. The maximum atomic E-state index is 12.0. The largest absolute Gasteiger partial charge is 0.356 e. The molecule has 7 heteroatoms. The van der Waals surface area contributed by atoms with Gasteiger partial charge in [0, 0.05) is 29.8 Å². The first-order chi connectivity index (χ1) is 12.0. The third kappa shape index (κ3) is 6.40. The number of hydrogen-bond donors (Lipinski definition) is 3. The molecule has 0 aliphatic heterocycles. The van der Waals surface area contributed by atoms with Crippen LogP contribution in [-0.4, -0.2) is 25.5 Å². The second-order valence-corrected chi connectivity index (χ2v) is 7.43. The molecule has 0 aliphatic rings. The molecule has 0 saturated carbocycles. The Hall–Kier alpha value is -2.05. The zero-order chi connectivity index (χ0) is 18.2. The molecule has 5 nitrogen and oxygen atoms in total. The predicted molar refractivity (Wildman–Crippen MR) is 107 cm³/mol. The molecule has 3 N–H and O–H groups in total. The van der Waals surface area contributed by atoms with Crippen molar-refractivity contribution in [3.8, 4) is 0 Å². The third-order valence-electron chi connectivity index (χ3n) is 3.49. The van der Waals surface area contributed by atoms with Crippen molar-refractivity contribution in [1.82, 2.24) is 10.6 Å². The van der Waals surface area contributed by atoms with Crippen LogP contribution in [0.25, 0.3) is 0 Å². The molecule has 0 bridgehead atoms. The molecule has 1 aromatic heterocycles. The number of hydrogen-bond acceptors (Lipinski definition) is 3. The van der Waals surface area contributed by atoms with Gasteiger partial charge in [0.05, 0.1) is 17.3 Å². The smallest absolute Gasteiger partial charge is 0.226 e. The Morgan fingerprint density at radius 2 is 2.00 bits per heavy atom. The van der Waals surface area contributed by atoms with Gasteiger partial charge in [-0.3, -0.25) is 9.79 Å². The summed E-state index contributed by atoms with van der Waals surface area (Å²) < 4.78 is 0. The number of anilines is 1. The molecule has 0 aliphatic carbocycles. The summed E-state index contributed by atoms with van der Waals surface area (Å²) in [4.78, 5) is 18.7. The quantitative estimate of drug-likeness (QED) is 0.530. The molecule has 0 atom stereocenters. The van der Waals surface area contributed by atoms with Gasteiger partial charge in [-0.1, -0.05) is 17.7 Å². The number of rotatable bonds is 6. The van der Waals surface area contributed by atoms with Crippen molar-refractivity contribution in [3.63, 3.8) is 0 Å². The highest BCUT2D eigenvalue weighted by Gasteiger charge is 2.07. The number of aryl methyl sites for hydroxylation is 2. The summed E-state index contributed by atoms with van der Waals surface area (Å²) in [6, 6.07) is 9.75. The molecule has 25 heavy (non-hydrogen) atoms. The van der Waals surface area contributed by atoms with Gasteiger partial charge >= 0.3 is 0 Å². The van der Waals surface area contributed by atoms with E-state index in [2.05, 4.69) is 40.0 Å². The van der Waals surface area contributed by atoms with Crippen LogP contribution in [0.4, 0.5) is 5.69 Å². The van der Waals surface area contributed by atoms with E-state index < -0.39 is 0 Å². The summed E-state index contributed by atoms with van der Waals surface area (Å²) in [6.07, 6.45) is 0.322. The first-order valence-corrected chi connectivity index (χ1v) is 9.23. The van der Waals surface area contributed by atoms with Crippen LogP contribution in [0.2, 0.25) is 5.02 Å². The number of halogens is 1. The first-order valence-electron chi connectivity index (χ1n) is 8.04. The lowest BCUT2D eigenvalue weighted by Crippen LogP contribution is -2.38. The molecule has 1 aromatic carbocycles. The Morgan fingerprint density at radius 1 is 1.20 bits per heavy atom. The van der Waals surface area contributed by atoms with Crippen molar-refractivity contribution in [2.24, 2.45) is 4.99 Å². The zero-order valence-corrected chi connectivity index (χ0v) is 16.2. The Balaban J connectivity index is 1.73. The molecule has 0 saturated heterocycles. The summed E-state index contributed by atoms with van der Waals surface area (Å²) in [5, 5.41) is 9.74. The highest BCUT2D eigenvalue weighted by molar-refractivity contribution is 7.11. The van der Waals surface area contributed by atoms with E-state index in [1.165, 1.54) is 9.75 Å². The fourth-order valence-corrected chi connectivity index (χ4v) is 3.31. The molecule has 2 rings (SSSR count). The van der Waals surface area contributed by atoms with Crippen LogP contribution < -0.4 is 16.0 Å². The zero-order valence-electron chi connectivity index (χ0n) is 14.6. The first kappa shape index (κ1) is 19.3. The van der Waals surface area contributed by atoms with Crippen LogP contribution in [0, 0.1) is 13.8 Å². The highest BCUT2D eigenvalue weighted by atomic mass is 35.5. The monoisotopic (exact) mass is 378 g/mol. The highest BCUT2D eigenvalue weighted by Crippen LogP contribution is 2.22. The summed E-state index contributed by atoms with van der Waals surface area (Å²) in [6.45, 7) is 5.24. The molecular weight excluding hydrogens is 356 g/mol. The standard InChI is InChI=1S/C18H23ClN4OS/c1-12-4-7-16(15(19)10-12)23-17(24)8-9-21-18(20-3)22-11-14-6-5-13(2)25-14/h4-7,10H,8-9,11H2,1-3H3,(H,23,24)(H2,20,21,22). The van der Waals surface area contributed by atoms with Gasteiger partial charge in [-0.15, -0.1) is 11.3 Å². The van der Waals surface area contributed by atoms with E-state index >= 15 is 0 Å². The Labute approximate surface area is 157 Å². The van der Waals surface area contributed by atoms with Gasteiger partial charge in [0.1, 0.15) is 0 Å². The van der Waals surface area contributed by atoms with E-state index in [0.717, 1.165) is 5.56 Å². The van der Waals surface area contributed by atoms with E-state index in [9.17, 15) is 4.79 Å². The number of benzene rings is 1. The summed E-state index contributed by atoms with van der Waals surface area (Å²) in [5.74, 6) is 0.579. The summed E-state index contributed by atoms with van der Waals surface area (Å²) >= 11 is 7.87. The van der Waals surface area contributed by atoms with E-state index in [1.807, 2.05) is 25.1 Å². The van der Waals surface area contributed by atoms with Gasteiger partial charge in [0.25, 0.3) is 0 Å². The SMILES string of the molecule is CN=C(NCCC(=O)Nc1ccc(C)cc1Cl)NCc1ccc(C)s1. The Kier molecular flexibility index (Phi) is 7.28. The number of nitrogens with zero attached hydrogens (tertiary/aromatic N) is 1. The minimum absolute atomic E-state index is 0.0948. The fraction of sp³-hybridized carbons (Fsp3) is 0.333. The van der Waals surface area contributed by atoms with Crippen molar-refractivity contribution in [2.75, 3.05) is 18.9 Å². The van der Waals surface area contributed by atoms with Crippen LogP contribution >= 0.6 is 22.9 Å². The maximum Gasteiger partial charge on any atom is 0.226 e. The van der Waals surface area contributed by atoms with Crippen LogP contribution in [0.1, 0.15) is 21.7 Å². The Bertz CT molecular complexity index is 757. The van der Waals surface area contributed by atoms with Gasteiger partial charge in [-0.2, -0.15) is 0 Å². The lowest BCUT2D eigenvalue weighted by atomic mass is 10.2. The minimum atomic E-state index is -0.0948. The molecule has 1 heterocycles. The number of carbonyl (C=O) groups excluding carboxylic acids is 1. The minimum Gasteiger partial charge on any atom is -0.356 e. The molecule has 0 fully saturated rings. The van der Waals surface area contributed by atoms with Gasteiger partial charge in [0.15, 0.2) is 5.96 Å². The average Bonchev–Trinajstić information content (AvgIpc) is 2.99. The van der Waals surface area contributed by atoms with Crippen molar-refractivity contribution < 1.29 is 4.79 Å². The van der Waals surface area contributed by atoms with E-state index in [0.29, 0.717) is 36.2 Å².